The molecule has 0 amide bonds. The first kappa shape index (κ1) is 14.4. The lowest BCUT2D eigenvalue weighted by atomic mass is 10.0. The molecule has 106 valence electrons. The van der Waals surface area contributed by atoms with Gasteiger partial charge in [-0.2, -0.15) is 0 Å². The summed E-state index contributed by atoms with van der Waals surface area (Å²) in [6, 6.07) is 7.79. The average molecular weight is 263 g/mol. The van der Waals surface area contributed by atoms with Crippen molar-refractivity contribution in [2.45, 2.75) is 51.2 Å². The molecule has 1 fully saturated rings. The molecule has 19 heavy (non-hydrogen) atoms. The molecule has 0 radical (unpaired) electrons. The lowest BCUT2D eigenvalue weighted by Gasteiger charge is -2.18. The van der Waals surface area contributed by atoms with Gasteiger partial charge in [0.2, 0.25) is 0 Å². The van der Waals surface area contributed by atoms with Crippen LogP contribution in [-0.4, -0.2) is 24.4 Å². The number of ether oxygens (including phenoxy) is 1. The zero-order chi connectivity index (χ0) is 13.5. The summed E-state index contributed by atoms with van der Waals surface area (Å²) in [6.45, 7) is 3.84. The maximum absolute atomic E-state index is 9.31. The Labute approximate surface area is 116 Å². The van der Waals surface area contributed by atoms with Crippen molar-refractivity contribution in [1.82, 2.24) is 5.32 Å². The molecule has 1 aromatic carbocycles. The number of aromatic hydroxyl groups is 1. The molecule has 1 saturated carbocycles. The van der Waals surface area contributed by atoms with E-state index in [4.69, 9.17) is 4.74 Å². The highest BCUT2D eigenvalue weighted by molar-refractivity contribution is 5.27. The molecule has 0 heterocycles. The summed E-state index contributed by atoms with van der Waals surface area (Å²) in [6.07, 6.45) is 6.64. The topological polar surface area (TPSA) is 41.5 Å². The van der Waals surface area contributed by atoms with Crippen LogP contribution in [0, 0.1) is 0 Å². The van der Waals surface area contributed by atoms with Crippen LogP contribution in [0.1, 0.15) is 50.6 Å². The van der Waals surface area contributed by atoms with Crippen molar-refractivity contribution in [1.29, 1.82) is 0 Å². The van der Waals surface area contributed by atoms with Crippen molar-refractivity contribution in [3.8, 4) is 5.75 Å². The lowest BCUT2D eigenvalue weighted by molar-refractivity contribution is 0.0590. The molecule has 1 unspecified atom stereocenters. The van der Waals surface area contributed by atoms with Crippen LogP contribution in [0.3, 0.4) is 0 Å². The summed E-state index contributed by atoms with van der Waals surface area (Å²) >= 11 is 0. The van der Waals surface area contributed by atoms with Crippen molar-refractivity contribution in [2.75, 3.05) is 13.2 Å². The number of hydrogen-bond acceptors (Lipinski definition) is 3. The number of nitrogens with one attached hydrogen (secondary N) is 1. The Morgan fingerprint density at radius 1 is 1.26 bits per heavy atom. The highest BCUT2D eigenvalue weighted by Gasteiger charge is 2.15. The molecule has 1 atom stereocenters. The average Bonchev–Trinajstić information content (AvgIpc) is 2.93. The number of benzene rings is 1. The molecule has 0 aromatic heterocycles. The van der Waals surface area contributed by atoms with Gasteiger partial charge in [-0.25, -0.2) is 0 Å². The third kappa shape index (κ3) is 4.51. The van der Waals surface area contributed by atoms with Crippen LogP contribution in [0.4, 0.5) is 0 Å². The van der Waals surface area contributed by atoms with Crippen LogP contribution in [0.2, 0.25) is 0 Å². The third-order valence-electron chi connectivity index (χ3n) is 3.85. The van der Waals surface area contributed by atoms with Gasteiger partial charge in [0.05, 0.1) is 12.7 Å². The molecule has 1 aromatic rings. The van der Waals surface area contributed by atoms with E-state index in [1.807, 2.05) is 12.1 Å². The van der Waals surface area contributed by atoms with Gasteiger partial charge in [0.25, 0.3) is 0 Å². The van der Waals surface area contributed by atoms with E-state index in [2.05, 4.69) is 12.2 Å². The van der Waals surface area contributed by atoms with E-state index in [0.717, 1.165) is 19.6 Å². The Morgan fingerprint density at radius 2 is 1.95 bits per heavy atom. The summed E-state index contributed by atoms with van der Waals surface area (Å²) in [4.78, 5) is 0. The molecule has 2 N–H and O–H groups in total. The number of hydrogen-bond donors (Lipinski definition) is 2. The second kappa shape index (κ2) is 7.51. The predicted octanol–water partition coefficient (Wildman–Crippen LogP) is 3.39. The summed E-state index contributed by atoms with van der Waals surface area (Å²) in [7, 11) is 0. The van der Waals surface area contributed by atoms with Crippen LogP contribution in [0.25, 0.3) is 0 Å². The lowest BCUT2D eigenvalue weighted by Crippen LogP contribution is -2.26. The Hall–Kier alpha value is -1.06. The van der Waals surface area contributed by atoms with Crippen LogP contribution >= 0.6 is 0 Å². The SMILES string of the molecule is CCC(NCCOC1CCCC1)c1ccc(O)cc1. The van der Waals surface area contributed by atoms with Gasteiger partial charge in [-0.05, 0) is 37.0 Å². The zero-order valence-electron chi connectivity index (χ0n) is 11.8. The fraction of sp³-hybridized carbons (Fsp3) is 0.625. The minimum absolute atomic E-state index is 0.322. The van der Waals surface area contributed by atoms with Gasteiger partial charge in [0.15, 0.2) is 0 Å². The number of rotatable bonds is 7. The summed E-state index contributed by atoms with van der Waals surface area (Å²) in [5.41, 5.74) is 1.22. The van der Waals surface area contributed by atoms with Crippen LogP contribution in [0.5, 0.6) is 5.75 Å². The Balaban J connectivity index is 1.71. The molecule has 1 aliphatic carbocycles. The van der Waals surface area contributed by atoms with Crippen molar-refractivity contribution >= 4 is 0 Å². The van der Waals surface area contributed by atoms with Crippen LogP contribution in [-0.2, 0) is 4.74 Å². The fourth-order valence-corrected chi connectivity index (χ4v) is 2.72. The van der Waals surface area contributed by atoms with E-state index in [1.165, 1.54) is 31.2 Å². The molecule has 3 heteroatoms. The molecule has 0 bridgehead atoms. The summed E-state index contributed by atoms with van der Waals surface area (Å²) in [5, 5.41) is 12.8. The van der Waals surface area contributed by atoms with E-state index in [1.54, 1.807) is 12.1 Å². The van der Waals surface area contributed by atoms with Gasteiger partial charge in [-0.1, -0.05) is 31.9 Å². The standard InChI is InChI=1S/C16H25NO2/c1-2-16(13-7-9-14(18)10-8-13)17-11-12-19-15-5-3-4-6-15/h7-10,15-18H,2-6,11-12H2,1H3. The first-order chi connectivity index (χ1) is 9.29. The quantitative estimate of drug-likeness (QED) is 0.741. The van der Waals surface area contributed by atoms with Crippen molar-refractivity contribution in [2.24, 2.45) is 0 Å². The molecule has 0 spiro atoms. The zero-order valence-corrected chi connectivity index (χ0v) is 11.8. The highest BCUT2D eigenvalue weighted by Crippen LogP contribution is 2.21. The minimum atomic E-state index is 0.322. The van der Waals surface area contributed by atoms with Gasteiger partial charge < -0.3 is 15.2 Å². The van der Waals surface area contributed by atoms with Gasteiger partial charge in [-0.15, -0.1) is 0 Å². The first-order valence-corrected chi connectivity index (χ1v) is 7.43. The highest BCUT2D eigenvalue weighted by atomic mass is 16.5. The summed E-state index contributed by atoms with van der Waals surface area (Å²) < 4.78 is 5.85. The Morgan fingerprint density at radius 3 is 2.58 bits per heavy atom. The van der Waals surface area contributed by atoms with Crippen LogP contribution in [0.15, 0.2) is 24.3 Å². The minimum Gasteiger partial charge on any atom is -0.508 e. The fourth-order valence-electron chi connectivity index (χ4n) is 2.72. The van der Waals surface area contributed by atoms with Crippen molar-refractivity contribution in [3.05, 3.63) is 29.8 Å². The Kier molecular flexibility index (Phi) is 5.67. The number of phenols is 1. The first-order valence-electron chi connectivity index (χ1n) is 7.43. The van der Waals surface area contributed by atoms with Crippen LogP contribution < -0.4 is 5.32 Å². The molecule has 3 nitrogen and oxygen atoms in total. The molecule has 2 rings (SSSR count). The van der Waals surface area contributed by atoms with Gasteiger partial charge >= 0.3 is 0 Å². The van der Waals surface area contributed by atoms with E-state index in [0.29, 0.717) is 17.9 Å². The van der Waals surface area contributed by atoms with Crippen molar-refractivity contribution in [3.63, 3.8) is 0 Å². The van der Waals surface area contributed by atoms with E-state index in [9.17, 15) is 5.11 Å². The smallest absolute Gasteiger partial charge is 0.115 e. The van der Waals surface area contributed by atoms with E-state index in [-0.39, 0.29) is 0 Å². The molecular weight excluding hydrogens is 238 g/mol. The van der Waals surface area contributed by atoms with E-state index >= 15 is 0 Å². The normalized spacial score (nSPS) is 17.7. The maximum atomic E-state index is 9.31. The van der Waals surface area contributed by atoms with Gasteiger partial charge in [-0.3, -0.25) is 0 Å². The monoisotopic (exact) mass is 263 g/mol. The summed E-state index contributed by atoms with van der Waals surface area (Å²) in [5.74, 6) is 0.322. The molecule has 1 aliphatic rings. The third-order valence-corrected chi connectivity index (χ3v) is 3.85. The Bertz CT molecular complexity index is 358. The molecule has 0 aliphatic heterocycles. The number of phenolic OH excluding ortho intramolecular Hbond substituents is 1. The van der Waals surface area contributed by atoms with Gasteiger partial charge in [0, 0.05) is 12.6 Å². The second-order valence-corrected chi connectivity index (χ2v) is 5.28. The van der Waals surface area contributed by atoms with Crippen molar-refractivity contribution < 1.29 is 9.84 Å². The predicted molar refractivity (Wildman–Crippen MR) is 77.3 cm³/mol. The molecule has 0 saturated heterocycles. The molecular formula is C16H25NO2. The maximum Gasteiger partial charge on any atom is 0.115 e. The van der Waals surface area contributed by atoms with E-state index < -0.39 is 0 Å². The largest absolute Gasteiger partial charge is 0.508 e. The second-order valence-electron chi connectivity index (χ2n) is 5.28. The van der Waals surface area contributed by atoms with Gasteiger partial charge in [0.1, 0.15) is 5.75 Å².